The molecular weight excluding hydrogens is 396 g/mol. The summed E-state index contributed by atoms with van der Waals surface area (Å²) < 4.78 is 26.6. The Morgan fingerprint density at radius 2 is 1.57 bits per heavy atom. The van der Waals surface area contributed by atoms with Crippen LogP contribution in [0.3, 0.4) is 0 Å². The third-order valence-corrected chi connectivity index (χ3v) is 7.63. The van der Waals surface area contributed by atoms with E-state index in [4.69, 9.17) is 0 Å². The fraction of sp³-hybridized carbons (Fsp3) is 0.458. The number of sulfonamides is 1. The zero-order valence-electron chi connectivity index (χ0n) is 18.1. The molecular formula is C24H32N2O3S. The van der Waals surface area contributed by atoms with E-state index in [9.17, 15) is 13.2 Å². The van der Waals surface area contributed by atoms with Crippen LogP contribution in [0.1, 0.15) is 50.7 Å². The maximum atomic E-state index is 11.9. The molecule has 1 atom stereocenters. The summed E-state index contributed by atoms with van der Waals surface area (Å²) in [5.41, 5.74) is 4.63. The third kappa shape index (κ3) is 5.70. The summed E-state index contributed by atoms with van der Waals surface area (Å²) in [6, 6.07) is 16.8. The average Bonchev–Trinajstić information content (AvgIpc) is 3.15. The Kier molecular flexibility index (Phi) is 7.32. The zero-order valence-corrected chi connectivity index (χ0v) is 18.9. The van der Waals surface area contributed by atoms with Crippen LogP contribution < -0.4 is 4.72 Å². The lowest BCUT2D eigenvalue weighted by Gasteiger charge is -2.16. The molecule has 1 heterocycles. The van der Waals surface area contributed by atoms with Gasteiger partial charge in [0.25, 0.3) is 0 Å². The maximum absolute atomic E-state index is 11.9. The molecule has 0 bridgehead atoms. The Balaban J connectivity index is 1.57. The minimum atomic E-state index is -3.24. The fourth-order valence-electron chi connectivity index (χ4n) is 3.60. The van der Waals surface area contributed by atoms with E-state index in [0.717, 1.165) is 42.6 Å². The van der Waals surface area contributed by atoms with Crippen molar-refractivity contribution >= 4 is 15.9 Å². The first-order valence-electron chi connectivity index (χ1n) is 10.7. The largest absolute Gasteiger partial charge is 0.342 e. The van der Waals surface area contributed by atoms with Gasteiger partial charge in [-0.05, 0) is 54.9 Å². The van der Waals surface area contributed by atoms with E-state index in [0.29, 0.717) is 13.0 Å². The molecule has 2 aromatic carbocycles. The molecule has 1 saturated heterocycles. The lowest BCUT2D eigenvalue weighted by Crippen LogP contribution is -2.33. The van der Waals surface area contributed by atoms with E-state index < -0.39 is 15.3 Å². The van der Waals surface area contributed by atoms with E-state index in [-0.39, 0.29) is 11.8 Å². The molecule has 2 aromatic rings. The van der Waals surface area contributed by atoms with Crippen LogP contribution >= 0.6 is 0 Å². The molecule has 1 amide bonds. The predicted octanol–water partition coefficient (Wildman–Crippen LogP) is 3.95. The van der Waals surface area contributed by atoms with E-state index in [2.05, 4.69) is 53.3 Å². The van der Waals surface area contributed by atoms with Gasteiger partial charge in [-0.15, -0.1) is 0 Å². The molecule has 1 N–H and O–H groups in total. The van der Waals surface area contributed by atoms with Crippen LogP contribution in [0.25, 0.3) is 11.1 Å². The van der Waals surface area contributed by atoms with Crippen molar-refractivity contribution in [3.05, 3.63) is 59.7 Å². The number of benzene rings is 2. The molecule has 0 spiro atoms. The van der Waals surface area contributed by atoms with Gasteiger partial charge in [0.05, 0.1) is 5.25 Å². The zero-order chi connectivity index (χ0) is 21.7. The number of likely N-dealkylation sites (tertiary alicyclic amines) is 1. The van der Waals surface area contributed by atoms with Crippen molar-refractivity contribution in [2.45, 2.75) is 51.2 Å². The molecule has 1 aliphatic heterocycles. The molecule has 162 valence electrons. The number of nitrogens with zero attached hydrogens (tertiary/aromatic N) is 1. The van der Waals surface area contributed by atoms with Gasteiger partial charge >= 0.3 is 0 Å². The monoisotopic (exact) mass is 428 g/mol. The summed E-state index contributed by atoms with van der Waals surface area (Å²) in [4.78, 5) is 13.7. The lowest BCUT2D eigenvalue weighted by atomic mass is 9.97. The van der Waals surface area contributed by atoms with Crippen molar-refractivity contribution in [2.24, 2.45) is 0 Å². The number of rotatable bonds is 9. The summed E-state index contributed by atoms with van der Waals surface area (Å²) >= 11 is 0. The molecule has 5 nitrogen and oxygen atoms in total. The Morgan fingerprint density at radius 1 is 0.967 bits per heavy atom. The molecule has 0 unspecified atom stereocenters. The van der Waals surface area contributed by atoms with Crippen LogP contribution in [0.2, 0.25) is 0 Å². The SMILES string of the molecule is CC(C)S(=O)(=O)NC[C@H](C)c1ccc(-c2ccc(CCN3CCCC3=O)cc2)cc1. The molecule has 0 radical (unpaired) electrons. The van der Waals surface area contributed by atoms with E-state index in [1.165, 1.54) is 5.56 Å². The summed E-state index contributed by atoms with van der Waals surface area (Å²) in [5.74, 6) is 0.376. The quantitative estimate of drug-likeness (QED) is 0.658. The molecule has 1 aliphatic rings. The topological polar surface area (TPSA) is 66.5 Å². The minimum Gasteiger partial charge on any atom is -0.342 e. The molecule has 1 fully saturated rings. The normalized spacial score (nSPS) is 15.7. The first-order valence-corrected chi connectivity index (χ1v) is 12.3. The van der Waals surface area contributed by atoms with Crippen molar-refractivity contribution < 1.29 is 13.2 Å². The fourth-order valence-corrected chi connectivity index (χ4v) is 4.41. The second-order valence-electron chi connectivity index (χ2n) is 8.40. The highest BCUT2D eigenvalue weighted by Gasteiger charge is 2.19. The predicted molar refractivity (Wildman–Crippen MR) is 122 cm³/mol. The van der Waals surface area contributed by atoms with E-state index in [1.54, 1.807) is 13.8 Å². The second-order valence-corrected chi connectivity index (χ2v) is 10.7. The number of hydrogen-bond donors (Lipinski definition) is 1. The molecule has 0 saturated carbocycles. The summed E-state index contributed by atoms with van der Waals surface area (Å²) in [6.45, 7) is 7.47. The lowest BCUT2D eigenvalue weighted by molar-refractivity contribution is -0.127. The first-order chi connectivity index (χ1) is 14.3. The van der Waals surface area contributed by atoms with Crippen molar-refractivity contribution in [3.63, 3.8) is 0 Å². The number of carbonyl (C=O) groups excluding carboxylic acids is 1. The standard InChI is InChI=1S/C24H32N2O3S/c1-18(2)30(28,29)25-17-19(3)21-10-12-23(13-11-21)22-8-6-20(7-9-22)14-16-26-15-4-5-24(26)27/h6-13,18-19,25H,4-5,14-17H2,1-3H3/t19-/m0/s1. The van der Waals surface area contributed by atoms with Crippen LogP contribution in [0.15, 0.2) is 48.5 Å². The second kappa shape index (κ2) is 9.75. The molecule has 0 aromatic heterocycles. The highest BCUT2D eigenvalue weighted by Crippen LogP contribution is 2.23. The van der Waals surface area contributed by atoms with E-state index >= 15 is 0 Å². The Morgan fingerprint density at radius 3 is 2.10 bits per heavy atom. The van der Waals surface area contributed by atoms with Crippen LogP contribution in [0.5, 0.6) is 0 Å². The summed E-state index contributed by atoms with van der Waals surface area (Å²) in [7, 11) is -3.24. The van der Waals surface area contributed by atoms with Gasteiger partial charge < -0.3 is 4.90 Å². The van der Waals surface area contributed by atoms with Crippen molar-refractivity contribution in [1.82, 2.24) is 9.62 Å². The van der Waals surface area contributed by atoms with Crippen molar-refractivity contribution in [3.8, 4) is 11.1 Å². The van der Waals surface area contributed by atoms with Crippen molar-refractivity contribution in [1.29, 1.82) is 0 Å². The molecule has 3 rings (SSSR count). The minimum absolute atomic E-state index is 0.100. The number of carbonyl (C=O) groups is 1. The smallest absolute Gasteiger partial charge is 0.222 e. The molecule has 0 aliphatic carbocycles. The first kappa shape index (κ1) is 22.5. The number of hydrogen-bond acceptors (Lipinski definition) is 3. The highest BCUT2D eigenvalue weighted by molar-refractivity contribution is 7.90. The van der Waals surface area contributed by atoms with Gasteiger partial charge in [-0.2, -0.15) is 0 Å². The van der Waals surface area contributed by atoms with Gasteiger partial charge in [-0.25, -0.2) is 13.1 Å². The van der Waals surface area contributed by atoms with Gasteiger partial charge in [-0.1, -0.05) is 55.5 Å². The van der Waals surface area contributed by atoms with Crippen molar-refractivity contribution in [2.75, 3.05) is 19.6 Å². The molecule has 6 heteroatoms. The average molecular weight is 429 g/mol. The summed E-state index contributed by atoms with van der Waals surface area (Å²) in [6.07, 6.45) is 2.56. The van der Waals surface area contributed by atoms with Gasteiger partial charge in [0.1, 0.15) is 0 Å². The van der Waals surface area contributed by atoms with Gasteiger partial charge in [0, 0.05) is 26.1 Å². The van der Waals surface area contributed by atoms with Crippen LogP contribution in [0, 0.1) is 0 Å². The van der Waals surface area contributed by atoms with Gasteiger partial charge in [-0.3, -0.25) is 4.79 Å². The number of amides is 1. The Labute approximate surface area is 180 Å². The molecule has 30 heavy (non-hydrogen) atoms. The van der Waals surface area contributed by atoms with Crippen LogP contribution in [-0.4, -0.2) is 44.1 Å². The Bertz CT molecular complexity index is 951. The van der Waals surface area contributed by atoms with Gasteiger partial charge in [0.15, 0.2) is 0 Å². The highest BCUT2D eigenvalue weighted by atomic mass is 32.2. The summed E-state index contributed by atoms with van der Waals surface area (Å²) in [5, 5.41) is -0.425. The van der Waals surface area contributed by atoms with Crippen LogP contribution in [0.4, 0.5) is 0 Å². The van der Waals surface area contributed by atoms with Gasteiger partial charge in [0.2, 0.25) is 15.9 Å². The van der Waals surface area contributed by atoms with E-state index in [1.807, 2.05) is 11.8 Å². The Hall–Kier alpha value is -2.18. The number of nitrogens with one attached hydrogen (secondary N) is 1. The third-order valence-electron chi connectivity index (χ3n) is 5.82. The maximum Gasteiger partial charge on any atom is 0.222 e. The van der Waals surface area contributed by atoms with Crippen LogP contribution in [-0.2, 0) is 21.2 Å².